The molecule has 188 valence electrons. The summed E-state index contributed by atoms with van der Waals surface area (Å²) in [6.07, 6.45) is 3.85. The normalized spacial score (nSPS) is 21.7. The van der Waals surface area contributed by atoms with Crippen LogP contribution in [-0.2, 0) is 19.6 Å². The Balaban J connectivity index is 1.53. The molecule has 0 aliphatic carbocycles. The lowest BCUT2D eigenvalue weighted by Crippen LogP contribution is -2.54. The Morgan fingerprint density at radius 1 is 1.20 bits per heavy atom. The van der Waals surface area contributed by atoms with Crippen LogP contribution in [0.4, 0.5) is 5.13 Å². The molecule has 2 fully saturated rings. The van der Waals surface area contributed by atoms with Crippen LogP contribution in [0.2, 0.25) is 0 Å². The van der Waals surface area contributed by atoms with Gasteiger partial charge in [0.2, 0.25) is 5.91 Å². The molecule has 0 saturated carbocycles. The van der Waals surface area contributed by atoms with E-state index in [1.165, 1.54) is 27.0 Å². The summed E-state index contributed by atoms with van der Waals surface area (Å²) in [6, 6.07) is 8.75. The van der Waals surface area contributed by atoms with E-state index in [4.69, 9.17) is 9.72 Å². The smallest absolute Gasteiger partial charge is 0.253 e. The number of piperidine rings is 1. The summed E-state index contributed by atoms with van der Waals surface area (Å²) < 4.78 is 35.5. The molecule has 0 radical (unpaired) electrons. The Bertz CT molecular complexity index is 1280. The molecule has 35 heavy (non-hydrogen) atoms. The number of thiazole rings is 1. The number of thiophene rings is 1. The molecule has 7 nitrogen and oxygen atoms in total. The molecule has 0 bridgehead atoms. The highest BCUT2D eigenvalue weighted by Crippen LogP contribution is 2.36. The van der Waals surface area contributed by atoms with E-state index < -0.39 is 16.1 Å². The second-order valence-corrected chi connectivity index (χ2v) is 13.6. The minimum atomic E-state index is -3.74. The highest BCUT2D eigenvalue weighted by molar-refractivity contribution is 7.91. The Morgan fingerprint density at radius 3 is 2.77 bits per heavy atom. The number of nitrogens with zero attached hydrogens (tertiary/aromatic N) is 3. The van der Waals surface area contributed by atoms with Gasteiger partial charge in [0.05, 0.1) is 22.9 Å². The maximum absolute atomic E-state index is 14.1. The second-order valence-electron chi connectivity index (χ2n) is 9.49. The largest absolute Gasteiger partial charge is 0.376 e. The summed E-state index contributed by atoms with van der Waals surface area (Å²) in [5.74, 6) is 0.103. The number of carbonyl (C=O) groups is 1. The molecule has 10 heteroatoms. The van der Waals surface area contributed by atoms with Gasteiger partial charge in [-0.2, -0.15) is 4.31 Å². The van der Waals surface area contributed by atoms with Gasteiger partial charge in [0.25, 0.3) is 10.0 Å². The van der Waals surface area contributed by atoms with Crippen molar-refractivity contribution in [3.05, 3.63) is 41.3 Å². The van der Waals surface area contributed by atoms with Crippen molar-refractivity contribution in [2.75, 3.05) is 24.6 Å². The van der Waals surface area contributed by atoms with Gasteiger partial charge in [-0.15, -0.1) is 11.3 Å². The third-order valence-corrected chi connectivity index (χ3v) is 11.1. The predicted octanol–water partition coefficient (Wildman–Crippen LogP) is 5.24. The second kappa shape index (κ2) is 10.3. The van der Waals surface area contributed by atoms with Crippen LogP contribution in [0, 0.1) is 0 Å². The number of aromatic nitrogens is 1. The predicted molar refractivity (Wildman–Crippen MR) is 141 cm³/mol. The van der Waals surface area contributed by atoms with Crippen LogP contribution in [0.1, 0.15) is 57.4 Å². The third kappa shape index (κ3) is 4.91. The van der Waals surface area contributed by atoms with Crippen LogP contribution >= 0.6 is 22.7 Å². The van der Waals surface area contributed by atoms with E-state index >= 15 is 0 Å². The number of sulfonamides is 1. The summed E-state index contributed by atoms with van der Waals surface area (Å²) in [5, 5.41) is 2.37. The molecule has 5 rings (SSSR count). The zero-order valence-electron chi connectivity index (χ0n) is 20.1. The highest BCUT2D eigenvalue weighted by atomic mass is 32.2. The maximum Gasteiger partial charge on any atom is 0.253 e. The molecule has 2 aliphatic heterocycles. The van der Waals surface area contributed by atoms with Crippen molar-refractivity contribution in [1.82, 2.24) is 9.29 Å². The minimum Gasteiger partial charge on any atom is -0.376 e. The molecular weight excluding hydrogens is 502 g/mol. The third-order valence-electron chi connectivity index (χ3n) is 6.76. The molecular formula is C25H31N3O4S3. The number of amides is 1. The zero-order valence-corrected chi connectivity index (χ0v) is 22.5. The molecule has 1 amide bonds. The molecule has 0 N–H and O–H groups in total. The van der Waals surface area contributed by atoms with Gasteiger partial charge in [-0.05, 0) is 54.7 Å². The molecule has 2 aromatic heterocycles. The summed E-state index contributed by atoms with van der Waals surface area (Å²) in [4.78, 5) is 20.8. The van der Waals surface area contributed by atoms with E-state index in [2.05, 4.69) is 19.9 Å². The fourth-order valence-electron chi connectivity index (χ4n) is 4.94. The number of ether oxygens (including phenoxy) is 1. The fourth-order valence-corrected chi connectivity index (χ4v) is 8.72. The van der Waals surface area contributed by atoms with E-state index in [-0.39, 0.29) is 16.2 Å². The summed E-state index contributed by atoms with van der Waals surface area (Å²) in [5.41, 5.74) is 2.06. The molecule has 3 aromatic rings. The van der Waals surface area contributed by atoms with Crippen molar-refractivity contribution in [2.24, 2.45) is 0 Å². The standard InChI is InChI=1S/C25H31N3O4S3/c1-17(2)19-9-5-11-21-23(19)26-25(34-21)27(16-18-8-6-14-32-18)24(29)20-10-3-4-13-28(20)35(30,31)22-12-7-15-33-22/h5,7,9,11-12,15,17-18,20H,3-4,6,8,10,13-14,16H2,1-2H3. The molecule has 2 saturated heterocycles. The lowest BCUT2D eigenvalue weighted by molar-refractivity contribution is -0.123. The molecule has 2 aliphatic rings. The van der Waals surface area contributed by atoms with E-state index in [1.54, 1.807) is 22.4 Å². The average molecular weight is 534 g/mol. The van der Waals surface area contributed by atoms with Gasteiger partial charge in [-0.1, -0.05) is 49.8 Å². The first kappa shape index (κ1) is 24.8. The van der Waals surface area contributed by atoms with Gasteiger partial charge in [-0.3, -0.25) is 9.69 Å². The lowest BCUT2D eigenvalue weighted by atomic mass is 10.0. The van der Waals surface area contributed by atoms with E-state index in [0.717, 1.165) is 41.5 Å². The number of benzene rings is 1. The van der Waals surface area contributed by atoms with Crippen molar-refractivity contribution in [1.29, 1.82) is 0 Å². The molecule has 0 spiro atoms. The number of fused-ring (bicyclic) bond motifs is 1. The van der Waals surface area contributed by atoms with E-state index in [0.29, 0.717) is 37.2 Å². The van der Waals surface area contributed by atoms with E-state index in [9.17, 15) is 13.2 Å². The van der Waals surface area contributed by atoms with Gasteiger partial charge < -0.3 is 4.74 Å². The molecule has 2 unspecified atom stereocenters. The van der Waals surface area contributed by atoms with Crippen molar-refractivity contribution in [3.8, 4) is 0 Å². The molecule has 4 heterocycles. The quantitative estimate of drug-likeness (QED) is 0.415. The first-order valence-electron chi connectivity index (χ1n) is 12.2. The fraction of sp³-hybridized carbons (Fsp3) is 0.520. The van der Waals surface area contributed by atoms with E-state index in [1.807, 2.05) is 12.1 Å². The maximum atomic E-state index is 14.1. The summed E-state index contributed by atoms with van der Waals surface area (Å²) in [7, 11) is -3.74. The van der Waals surface area contributed by atoms with Crippen LogP contribution in [-0.4, -0.2) is 55.5 Å². The Kier molecular flexibility index (Phi) is 7.28. The molecule has 2 atom stereocenters. The van der Waals surface area contributed by atoms with Crippen molar-refractivity contribution in [2.45, 2.75) is 68.2 Å². The number of rotatable bonds is 7. The van der Waals surface area contributed by atoms with Crippen LogP contribution in [0.15, 0.2) is 39.9 Å². The number of para-hydroxylation sites is 1. The summed E-state index contributed by atoms with van der Waals surface area (Å²) in [6.45, 7) is 5.70. The zero-order chi connectivity index (χ0) is 24.6. The number of hydrogen-bond donors (Lipinski definition) is 0. The van der Waals surface area contributed by atoms with Gasteiger partial charge in [0.15, 0.2) is 5.13 Å². The van der Waals surface area contributed by atoms with Crippen LogP contribution in [0.5, 0.6) is 0 Å². The van der Waals surface area contributed by atoms with Crippen molar-refractivity contribution >= 4 is 54.0 Å². The lowest BCUT2D eigenvalue weighted by Gasteiger charge is -2.36. The van der Waals surface area contributed by atoms with Crippen molar-refractivity contribution < 1.29 is 17.9 Å². The van der Waals surface area contributed by atoms with Crippen molar-refractivity contribution in [3.63, 3.8) is 0 Å². The highest BCUT2D eigenvalue weighted by Gasteiger charge is 2.41. The first-order chi connectivity index (χ1) is 16.9. The number of anilines is 1. The van der Waals surface area contributed by atoms with Crippen LogP contribution in [0.3, 0.4) is 0 Å². The first-order valence-corrected chi connectivity index (χ1v) is 15.4. The number of carbonyl (C=O) groups excluding carboxylic acids is 1. The van der Waals surface area contributed by atoms with Gasteiger partial charge >= 0.3 is 0 Å². The monoisotopic (exact) mass is 533 g/mol. The Hall–Kier alpha value is -1.85. The number of hydrogen-bond acceptors (Lipinski definition) is 7. The minimum absolute atomic E-state index is 0.0681. The van der Waals surface area contributed by atoms with Gasteiger partial charge in [-0.25, -0.2) is 13.4 Å². The summed E-state index contributed by atoms with van der Waals surface area (Å²) >= 11 is 2.68. The topological polar surface area (TPSA) is 79.8 Å². The van der Waals surface area contributed by atoms with Crippen LogP contribution in [0.25, 0.3) is 10.2 Å². The van der Waals surface area contributed by atoms with Crippen LogP contribution < -0.4 is 4.90 Å². The Labute approximate surface area is 214 Å². The van der Waals surface area contributed by atoms with Gasteiger partial charge in [0, 0.05) is 13.2 Å². The average Bonchev–Trinajstić information content (AvgIpc) is 3.63. The Morgan fingerprint density at radius 2 is 2.06 bits per heavy atom. The SMILES string of the molecule is CC(C)c1cccc2sc(N(CC3CCCO3)C(=O)C3CCCCN3S(=O)(=O)c3cccs3)nc12. The molecule has 1 aromatic carbocycles. The van der Waals surface area contributed by atoms with Gasteiger partial charge in [0.1, 0.15) is 10.3 Å².